The first-order valence-corrected chi connectivity index (χ1v) is 7.12. The minimum Gasteiger partial charge on any atom is -0.497 e. The lowest BCUT2D eigenvalue weighted by Gasteiger charge is -2.09. The van der Waals surface area contributed by atoms with Gasteiger partial charge < -0.3 is 20.7 Å². The molecule has 0 bridgehead atoms. The summed E-state index contributed by atoms with van der Waals surface area (Å²) in [6.45, 7) is 0.209. The lowest BCUT2D eigenvalue weighted by molar-refractivity contribution is -0.115. The second kappa shape index (κ2) is 9.54. The van der Waals surface area contributed by atoms with Gasteiger partial charge in [-0.1, -0.05) is 12.1 Å². The Morgan fingerprint density at radius 2 is 1.67 bits per heavy atom. The van der Waals surface area contributed by atoms with E-state index in [4.69, 9.17) is 4.74 Å². The van der Waals surface area contributed by atoms with Crippen molar-refractivity contribution in [1.29, 1.82) is 0 Å². The highest BCUT2D eigenvalue weighted by Gasteiger charge is 2.08. The first-order valence-electron chi connectivity index (χ1n) is 7.12. The molecule has 0 saturated carbocycles. The number of halogens is 1. The zero-order valence-electron chi connectivity index (χ0n) is 13.5. The molecule has 0 aliphatic carbocycles. The van der Waals surface area contributed by atoms with E-state index >= 15 is 0 Å². The molecule has 6 nitrogen and oxygen atoms in total. The average Bonchev–Trinajstić information content (AvgIpc) is 2.55. The quantitative estimate of drug-likeness (QED) is 0.748. The number of hydrogen-bond acceptors (Lipinski definition) is 4. The first kappa shape index (κ1) is 19.5. The molecule has 0 atom stereocenters. The van der Waals surface area contributed by atoms with Crippen molar-refractivity contribution in [1.82, 2.24) is 5.32 Å². The number of likely N-dealkylation sites (N-methyl/N-ethyl adjacent to an activating group) is 1. The standard InChI is InChI=1S/C17H19N3O3.ClH/c1-18-11-16(21)19-13-6-3-5-12(9-13)17(22)20-14-7-4-8-15(10-14)23-2;/h3-10,18H,11H2,1-2H3,(H,19,21)(H,20,22);1H. The SMILES string of the molecule is CNCC(=O)Nc1cccc(C(=O)Nc2cccc(OC)c2)c1.Cl. The van der Waals surface area contributed by atoms with E-state index in [1.54, 1.807) is 62.7 Å². The fourth-order valence-electron chi connectivity index (χ4n) is 2.01. The van der Waals surface area contributed by atoms with E-state index in [1.165, 1.54) is 0 Å². The summed E-state index contributed by atoms with van der Waals surface area (Å²) < 4.78 is 5.12. The third-order valence-corrected chi connectivity index (χ3v) is 3.07. The third-order valence-electron chi connectivity index (χ3n) is 3.07. The molecule has 0 radical (unpaired) electrons. The molecule has 0 aliphatic rings. The molecule has 128 valence electrons. The average molecular weight is 350 g/mol. The van der Waals surface area contributed by atoms with Crippen molar-refractivity contribution < 1.29 is 14.3 Å². The molecule has 0 aromatic heterocycles. The van der Waals surface area contributed by atoms with E-state index in [9.17, 15) is 9.59 Å². The summed E-state index contributed by atoms with van der Waals surface area (Å²) in [7, 11) is 3.26. The molecule has 3 N–H and O–H groups in total. The Kier molecular flexibility index (Phi) is 7.74. The number of carbonyl (C=O) groups is 2. The van der Waals surface area contributed by atoms with Crippen molar-refractivity contribution in [2.45, 2.75) is 0 Å². The Bertz CT molecular complexity index is 707. The highest BCUT2D eigenvalue weighted by Crippen LogP contribution is 2.18. The van der Waals surface area contributed by atoms with Crippen LogP contribution >= 0.6 is 12.4 Å². The van der Waals surface area contributed by atoms with Crippen LogP contribution in [-0.4, -0.2) is 32.5 Å². The number of ether oxygens (including phenoxy) is 1. The molecule has 0 saturated heterocycles. The van der Waals surface area contributed by atoms with Crippen molar-refractivity contribution in [2.24, 2.45) is 0 Å². The van der Waals surface area contributed by atoms with E-state index in [0.29, 0.717) is 22.7 Å². The summed E-state index contributed by atoms with van der Waals surface area (Å²) in [5.74, 6) is 0.233. The van der Waals surface area contributed by atoms with Crippen molar-refractivity contribution in [2.75, 3.05) is 31.3 Å². The van der Waals surface area contributed by atoms with Gasteiger partial charge in [-0.15, -0.1) is 12.4 Å². The van der Waals surface area contributed by atoms with Crippen LogP contribution in [0.25, 0.3) is 0 Å². The topological polar surface area (TPSA) is 79.5 Å². The number of anilines is 2. The molecule has 0 fully saturated rings. The van der Waals surface area contributed by atoms with Gasteiger partial charge in [0.1, 0.15) is 5.75 Å². The largest absolute Gasteiger partial charge is 0.497 e. The summed E-state index contributed by atoms with van der Waals surface area (Å²) in [6.07, 6.45) is 0. The van der Waals surface area contributed by atoms with Gasteiger partial charge >= 0.3 is 0 Å². The number of amides is 2. The summed E-state index contributed by atoms with van der Waals surface area (Å²) in [5.41, 5.74) is 1.66. The lowest BCUT2D eigenvalue weighted by atomic mass is 10.1. The molecular formula is C17H20ClN3O3. The molecule has 7 heteroatoms. The predicted octanol–water partition coefficient (Wildman–Crippen LogP) is 2.53. The van der Waals surface area contributed by atoms with Gasteiger partial charge in [0, 0.05) is 23.0 Å². The minimum absolute atomic E-state index is 0. The number of nitrogens with one attached hydrogen (secondary N) is 3. The maximum Gasteiger partial charge on any atom is 0.255 e. The molecule has 0 spiro atoms. The Balaban J connectivity index is 0.00000288. The molecule has 2 amide bonds. The van der Waals surface area contributed by atoms with E-state index in [-0.39, 0.29) is 30.8 Å². The van der Waals surface area contributed by atoms with Crippen LogP contribution in [0.15, 0.2) is 48.5 Å². The number of hydrogen-bond donors (Lipinski definition) is 3. The van der Waals surface area contributed by atoms with E-state index in [2.05, 4.69) is 16.0 Å². The molecule has 2 aromatic carbocycles. The molecule has 2 aromatic rings. The summed E-state index contributed by atoms with van der Waals surface area (Å²) in [5, 5.41) is 8.28. The van der Waals surface area contributed by atoms with Gasteiger partial charge in [-0.3, -0.25) is 9.59 Å². The van der Waals surface area contributed by atoms with E-state index < -0.39 is 0 Å². The molecule has 0 aliphatic heterocycles. The highest BCUT2D eigenvalue weighted by molar-refractivity contribution is 6.05. The molecule has 2 rings (SSSR count). The van der Waals surface area contributed by atoms with Gasteiger partial charge in [0.15, 0.2) is 0 Å². The Morgan fingerprint density at radius 1 is 1.00 bits per heavy atom. The Labute approximate surface area is 147 Å². The summed E-state index contributed by atoms with van der Waals surface area (Å²) in [4.78, 5) is 23.9. The fraction of sp³-hybridized carbons (Fsp3) is 0.176. The van der Waals surface area contributed by atoms with Crippen LogP contribution in [0.3, 0.4) is 0 Å². The monoisotopic (exact) mass is 349 g/mol. The van der Waals surface area contributed by atoms with Crippen LogP contribution in [0, 0.1) is 0 Å². The van der Waals surface area contributed by atoms with Gasteiger partial charge in [0.05, 0.1) is 13.7 Å². The fourth-order valence-corrected chi connectivity index (χ4v) is 2.01. The Morgan fingerprint density at radius 3 is 2.33 bits per heavy atom. The van der Waals surface area contributed by atoms with Gasteiger partial charge in [0.2, 0.25) is 5.91 Å². The van der Waals surface area contributed by atoms with Crippen LogP contribution in [0.5, 0.6) is 5.75 Å². The van der Waals surface area contributed by atoms with E-state index in [1.807, 2.05) is 0 Å². The highest BCUT2D eigenvalue weighted by atomic mass is 35.5. The molecule has 0 heterocycles. The van der Waals surface area contributed by atoms with Gasteiger partial charge in [-0.2, -0.15) is 0 Å². The number of rotatable bonds is 6. The smallest absolute Gasteiger partial charge is 0.255 e. The maximum atomic E-state index is 12.3. The van der Waals surface area contributed by atoms with Crippen LogP contribution in [-0.2, 0) is 4.79 Å². The van der Waals surface area contributed by atoms with Gasteiger partial charge in [-0.25, -0.2) is 0 Å². The zero-order valence-corrected chi connectivity index (χ0v) is 14.3. The van der Waals surface area contributed by atoms with Gasteiger partial charge in [-0.05, 0) is 37.4 Å². The second-order valence-electron chi connectivity index (χ2n) is 4.85. The van der Waals surface area contributed by atoms with Crippen LogP contribution in [0.2, 0.25) is 0 Å². The first-order chi connectivity index (χ1) is 11.1. The number of benzene rings is 2. The van der Waals surface area contributed by atoms with Crippen molar-refractivity contribution in [3.63, 3.8) is 0 Å². The minimum atomic E-state index is -0.261. The molecule has 0 unspecified atom stereocenters. The summed E-state index contributed by atoms with van der Waals surface area (Å²) in [6, 6.07) is 13.9. The van der Waals surface area contributed by atoms with Crippen LogP contribution < -0.4 is 20.7 Å². The third kappa shape index (κ3) is 5.57. The van der Waals surface area contributed by atoms with Gasteiger partial charge in [0.25, 0.3) is 5.91 Å². The normalized spacial score (nSPS) is 9.58. The number of carbonyl (C=O) groups excluding carboxylic acids is 2. The zero-order chi connectivity index (χ0) is 16.7. The van der Waals surface area contributed by atoms with Crippen molar-refractivity contribution in [3.8, 4) is 5.75 Å². The van der Waals surface area contributed by atoms with E-state index in [0.717, 1.165) is 0 Å². The lowest BCUT2D eigenvalue weighted by Crippen LogP contribution is -2.25. The van der Waals surface area contributed by atoms with Crippen LogP contribution in [0.1, 0.15) is 10.4 Å². The van der Waals surface area contributed by atoms with Crippen molar-refractivity contribution in [3.05, 3.63) is 54.1 Å². The van der Waals surface area contributed by atoms with Crippen molar-refractivity contribution >= 4 is 35.6 Å². The number of methoxy groups -OCH3 is 1. The molecular weight excluding hydrogens is 330 g/mol. The molecule has 24 heavy (non-hydrogen) atoms. The second-order valence-corrected chi connectivity index (χ2v) is 4.85. The summed E-state index contributed by atoms with van der Waals surface area (Å²) >= 11 is 0. The predicted molar refractivity (Wildman–Crippen MR) is 97.2 cm³/mol. The Hall–Kier alpha value is -2.57. The van der Waals surface area contributed by atoms with Crippen LogP contribution in [0.4, 0.5) is 11.4 Å². The maximum absolute atomic E-state index is 12.3.